The van der Waals surface area contributed by atoms with Crippen LogP contribution in [-0.2, 0) is 11.2 Å². The minimum absolute atomic E-state index is 0.0752. The van der Waals surface area contributed by atoms with Crippen LogP contribution in [0.2, 0.25) is 0 Å². The number of hydrogen-bond acceptors (Lipinski definition) is 3. The molecule has 19 heavy (non-hydrogen) atoms. The quantitative estimate of drug-likeness (QED) is 0.867. The average molecular weight is 256 g/mol. The zero-order valence-electron chi connectivity index (χ0n) is 10.8. The van der Waals surface area contributed by atoms with Gasteiger partial charge in [0.2, 0.25) is 5.91 Å². The molecule has 0 spiro atoms. The topological polar surface area (TPSA) is 68.3 Å². The van der Waals surface area contributed by atoms with Gasteiger partial charge in [0, 0.05) is 12.1 Å². The fourth-order valence-electron chi connectivity index (χ4n) is 2.38. The van der Waals surface area contributed by atoms with Crippen molar-refractivity contribution in [3.63, 3.8) is 0 Å². The van der Waals surface area contributed by atoms with Gasteiger partial charge in [-0.25, -0.2) is 0 Å². The van der Waals surface area contributed by atoms with Crippen molar-refractivity contribution < 1.29 is 9.21 Å². The summed E-state index contributed by atoms with van der Waals surface area (Å²) >= 11 is 0. The number of hydrogen-bond donors (Lipinski definition) is 2. The van der Waals surface area contributed by atoms with Crippen molar-refractivity contribution >= 4 is 11.6 Å². The van der Waals surface area contributed by atoms with Crippen molar-refractivity contribution in [2.75, 3.05) is 5.32 Å². The lowest BCUT2D eigenvalue weighted by Crippen LogP contribution is -2.20. The lowest BCUT2D eigenvalue weighted by atomic mass is 9.97. The Balaban J connectivity index is 1.92. The molecule has 0 aliphatic carbocycles. The van der Waals surface area contributed by atoms with Crippen LogP contribution in [0, 0.1) is 6.92 Å². The second-order valence-electron chi connectivity index (χ2n) is 4.89. The summed E-state index contributed by atoms with van der Waals surface area (Å²) in [5.41, 5.74) is 9.24. The number of fused-ring (bicyclic) bond motifs is 1. The van der Waals surface area contributed by atoms with Gasteiger partial charge in [-0.05, 0) is 42.7 Å². The summed E-state index contributed by atoms with van der Waals surface area (Å²) in [5.74, 6) is 1.69. The smallest absolute Gasteiger partial charge is 0.224 e. The van der Waals surface area contributed by atoms with Gasteiger partial charge < -0.3 is 15.5 Å². The first kappa shape index (κ1) is 12.0. The van der Waals surface area contributed by atoms with E-state index in [2.05, 4.69) is 11.4 Å². The normalized spacial score (nSPS) is 15.8. The molecule has 3 rings (SSSR count). The average Bonchev–Trinajstić information content (AvgIpc) is 2.84. The number of anilines is 1. The number of nitrogens with one attached hydrogen (secondary N) is 1. The highest BCUT2D eigenvalue weighted by Crippen LogP contribution is 2.28. The van der Waals surface area contributed by atoms with Gasteiger partial charge in [-0.1, -0.05) is 12.1 Å². The summed E-state index contributed by atoms with van der Waals surface area (Å²) in [6.07, 6.45) is 1.30. The zero-order chi connectivity index (χ0) is 13.4. The zero-order valence-corrected chi connectivity index (χ0v) is 10.8. The highest BCUT2D eigenvalue weighted by atomic mass is 16.3. The van der Waals surface area contributed by atoms with Gasteiger partial charge in [-0.15, -0.1) is 0 Å². The first-order valence-corrected chi connectivity index (χ1v) is 6.38. The van der Waals surface area contributed by atoms with Crippen LogP contribution in [0.15, 0.2) is 34.7 Å². The Hall–Kier alpha value is -2.07. The molecular weight excluding hydrogens is 240 g/mol. The van der Waals surface area contributed by atoms with Crippen LogP contribution in [0.4, 0.5) is 5.69 Å². The van der Waals surface area contributed by atoms with Crippen LogP contribution in [0.1, 0.15) is 35.1 Å². The van der Waals surface area contributed by atoms with E-state index in [1.165, 1.54) is 0 Å². The van der Waals surface area contributed by atoms with Gasteiger partial charge in [0.1, 0.15) is 11.5 Å². The lowest BCUT2D eigenvalue weighted by molar-refractivity contribution is -0.116. The third kappa shape index (κ3) is 2.27. The molecule has 1 aromatic carbocycles. The van der Waals surface area contributed by atoms with Gasteiger partial charge in [-0.2, -0.15) is 0 Å². The van der Waals surface area contributed by atoms with E-state index in [0.29, 0.717) is 6.42 Å². The number of nitrogens with two attached hydrogens (primary N) is 1. The fourth-order valence-corrected chi connectivity index (χ4v) is 2.38. The fraction of sp³-hybridized carbons (Fsp3) is 0.267. The summed E-state index contributed by atoms with van der Waals surface area (Å²) in [4.78, 5) is 11.3. The Morgan fingerprint density at radius 3 is 2.84 bits per heavy atom. The molecule has 0 saturated heterocycles. The van der Waals surface area contributed by atoms with Crippen molar-refractivity contribution in [2.24, 2.45) is 5.73 Å². The van der Waals surface area contributed by atoms with Crippen molar-refractivity contribution in [3.05, 3.63) is 53.0 Å². The number of aryl methyl sites for hydroxylation is 2. The SMILES string of the molecule is Cc1ccc(C(N)c2ccc3c(c2)CCC(=O)N3)o1. The maximum Gasteiger partial charge on any atom is 0.224 e. The predicted molar refractivity (Wildman–Crippen MR) is 72.9 cm³/mol. The summed E-state index contributed by atoms with van der Waals surface area (Å²) in [6.45, 7) is 1.90. The molecule has 0 radical (unpaired) electrons. The van der Waals surface area contributed by atoms with Gasteiger partial charge in [0.15, 0.2) is 0 Å². The maximum absolute atomic E-state index is 11.3. The van der Waals surface area contributed by atoms with E-state index in [9.17, 15) is 4.79 Å². The Morgan fingerprint density at radius 1 is 1.26 bits per heavy atom. The van der Waals surface area contributed by atoms with E-state index in [-0.39, 0.29) is 11.9 Å². The molecule has 98 valence electrons. The molecule has 2 aromatic rings. The minimum Gasteiger partial charge on any atom is -0.464 e. The molecule has 0 saturated carbocycles. The lowest BCUT2D eigenvalue weighted by Gasteiger charge is -2.19. The predicted octanol–water partition coefficient (Wildman–Crippen LogP) is 2.52. The Labute approximate surface area is 111 Å². The summed E-state index contributed by atoms with van der Waals surface area (Å²) in [7, 11) is 0. The third-order valence-corrected chi connectivity index (χ3v) is 3.45. The second-order valence-corrected chi connectivity index (χ2v) is 4.89. The van der Waals surface area contributed by atoms with Crippen LogP contribution in [0.3, 0.4) is 0 Å². The standard InChI is InChI=1S/C15H16N2O2/c1-9-2-6-13(19-9)15(16)11-3-5-12-10(8-11)4-7-14(18)17-12/h2-3,5-6,8,15H,4,7,16H2,1H3,(H,17,18). The van der Waals surface area contributed by atoms with Crippen LogP contribution in [0.25, 0.3) is 0 Å². The molecule has 1 aliphatic rings. The molecule has 4 nitrogen and oxygen atoms in total. The van der Waals surface area contributed by atoms with E-state index in [1.54, 1.807) is 0 Å². The van der Waals surface area contributed by atoms with E-state index in [0.717, 1.165) is 34.8 Å². The van der Waals surface area contributed by atoms with Crippen LogP contribution in [-0.4, -0.2) is 5.91 Å². The highest BCUT2D eigenvalue weighted by Gasteiger charge is 2.18. The number of furan rings is 1. The monoisotopic (exact) mass is 256 g/mol. The van der Waals surface area contributed by atoms with Gasteiger partial charge in [-0.3, -0.25) is 4.79 Å². The van der Waals surface area contributed by atoms with Crippen molar-refractivity contribution in [1.29, 1.82) is 0 Å². The molecule has 1 amide bonds. The van der Waals surface area contributed by atoms with E-state index in [1.807, 2.05) is 31.2 Å². The number of amides is 1. The van der Waals surface area contributed by atoms with Crippen LogP contribution < -0.4 is 11.1 Å². The number of rotatable bonds is 2. The van der Waals surface area contributed by atoms with Crippen LogP contribution in [0.5, 0.6) is 0 Å². The van der Waals surface area contributed by atoms with E-state index >= 15 is 0 Å². The molecule has 2 heterocycles. The highest BCUT2D eigenvalue weighted by molar-refractivity contribution is 5.93. The molecule has 1 aliphatic heterocycles. The molecule has 0 bridgehead atoms. The van der Waals surface area contributed by atoms with E-state index in [4.69, 9.17) is 10.2 Å². The van der Waals surface area contributed by atoms with Gasteiger partial charge in [0.25, 0.3) is 0 Å². The third-order valence-electron chi connectivity index (χ3n) is 3.45. The molecule has 1 atom stereocenters. The number of benzene rings is 1. The Morgan fingerprint density at radius 2 is 2.11 bits per heavy atom. The summed E-state index contributed by atoms with van der Waals surface area (Å²) in [5, 5.41) is 2.87. The summed E-state index contributed by atoms with van der Waals surface area (Å²) in [6, 6.07) is 9.45. The summed E-state index contributed by atoms with van der Waals surface area (Å²) < 4.78 is 5.57. The van der Waals surface area contributed by atoms with Gasteiger partial charge in [0.05, 0.1) is 6.04 Å². The molecule has 4 heteroatoms. The minimum atomic E-state index is -0.267. The van der Waals surface area contributed by atoms with Crippen LogP contribution >= 0.6 is 0 Å². The second kappa shape index (κ2) is 4.55. The molecule has 1 unspecified atom stereocenters. The first-order valence-electron chi connectivity index (χ1n) is 6.38. The van der Waals surface area contributed by atoms with Crippen molar-refractivity contribution in [3.8, 4) is 0 Å². The van der Waals surface area contributed by atoms with Gasteiger partial charge >= 0.3 is 0 Å². The Bertz CT molecular complexity index is 631. The molecular formula is C15H16N2O2. The maximum atomic E-state index is 11.3. The Kier molecular flexibility index (Phi) is 2.87. The molecule has 3 N–H and O–H groups in total. The first-order chi connectivity index (χ1) is 9.13. The number of carbonyl (C=O) groups is 1. The van der Waals surface area contributed by atoms with E-state index < -0.39 is 0 Å². The van der Waals surface area contributed by atoms with Crippen molar-refractivity contribution in [1.82, 2.24) is 0 Å². The number of carbonyl (C=O) groups excluding carboxylic acids is 1. The molecule has 0 fully saturated rings. The largest absolute Gasteiger partial charge is 0.464 e. The van der Waals surface area contributed by atoms with Crippen molar-refractivity contribution in [2.45, 2.75) is 25.8 Å². The molecule has 1 aromatic heterocycles.